The summed E-state index contributed by atoms with van der Waals surface area (Å²) in [5.41, 5.74) is 0. The maximum atomic E-state index is 11.8. The van der Waals surface area contributed by atoms with Crippen LogP contribution in [-0.2, 0) is 9.59 Å². The number of carbonyl (C=O) groups excluding carboxylic acids is 2. The van der Waals surface area contributed by atoms with Gasteiger partial charge in [-0.1, -0.05) is 0 Å². The van der Waals surface area contributed by atoms with Crippen LogP contribution < -0.4 is 5.32 Å². The molecule has 2 rings (SSSR count). The van der Waals surface area contributed by atoms with Gasteiger partial charge in [-0.05, 0) is 38.0 Å². The van der Waals surface area contributed by atoms with Gasteiger partial charge in [0.15, 0.2) is 0 Å². The molecule has 0 spiro atoms. The number of hydrogen-bond acceptors (Lipinski definition) is 3. The van der Waals surface area contributed by atoms with Crippen molar-refractivity contribution in [2.45, 2.75) is 32.7 Å². The van der Waals surface area contributed by atoms with Crippen molar-refractivity contribution >= 4 is 17.9 Å². The van der Waals surface area contributed by atoms with Crippen LogP contribution in [0.5, 0.6) is 0 Å². The van der Waals surface area contributed by atoms with Gasteiger partial charge in [-0.25, -0.2) is 0 Å². The van der Waals surface area contributed by atoms with Gasteiger partial charge in [0, 0.05) is 32.1 Å². The number of aryl methyl sites for hydroxylation is 1. The van der Waals surface area contributed by atoms with Gasteiger partial charge in [-0.2, -0.15) is 0 Å². The molecule has 1 fully saturated rings. The molecule has 1 aromatic rings. The third-order valence-corrected chi connectivity index (χ3v) is 3.45. The minimum Gasteiger partial charge on any atom is -0.462 e. The molecule has 1 aliphatic rings. The summed E-state index contributed by atoms with van der Waals surface area (Å²) in [5.74, 6) is 1.47. The number of nitrogens with zero attached hydrogens (tertiary/aromatic N) is 1. The molecule has 1 saturated heterocycles. The molecule has 0 bridgehead atoms. The summed E-state index contributed by atoms with van der Waals surface area (Å²) < 4.78 is 5.35. The summed E-state index contributed by atoms with van der Waals surface area (Å²) in [6.45, 7) is 4.86. The zero-order chi connectivity index (χ0) is 14.5. The SMILES string of the molecule is CC(=O)N1CCC(NC(=O)/C=C/c2ccc(C)o2)CC1. The fourth-order valence-corrected chi connectivity index (χ4v) is 2.29. The highest BCUT2D eigenvalue weighted by atomic mass is 16.3. The van der Waals surface area contributed by atoms with E-state index in [2.05, 4.69) is 5.32 Å². The van der Waals surface area contributed by atoms with Crippen molar-refractivity contribution in [1.82, 2.24) is 10.2 Å². The lowest BCUT2D eigenvalue weighted by molar-refractivity contribution is -0.129. The number of nitrogens with one attached hydrogen (secondary N) is 1. The molecule has 0 saturated carbocycles. The molecule has 0 radical (unpaired) electrons. The Morgan fingerprint density at radius 1 is 1.35 bits per heavy atom. The molecule has 1 N–H and O–H groups in total. The number of furan rings is 1. The van der Waals surface area contributed by atoms with Crippen LogP contribution in [0.4, 0.5) is 0 Å². The summed E-state index contributed by atoms with van der Waals surface area (Å²) in [7, 11) is 0. The van der Waals surface area contributed by atoms with E-state index in [9.17, 15) is 9.59 Å². The van der Waals surface area contributed by atoms with Crippen LogP contribution >= 0.6 is 0 Å². The monoisotopic (exact) mass is 276 g/mol. The summed E-state index contributed by atoms with van der Waals surface area (Å²) in [6, 6.07) is 3.82. The number of amides is 2. The highest BCUT2D eigenvalue weighted by Gasteiger charge is 2.21. The minimum absolute atomic E-state index is 0.0999. The van der Waals surface area contributed by atoms with Gasteiger partial charge in [-0.15, -0.1) is 0 Å². The molecule has 0 atom stereocenters. The van der Waals surface area contributed by atoms with Crippen LogP contribution in [0, 0.1) is 6.92 Å². The maximum Gasteiger partial charge on any atom is 0.244 e. The predicted octanol–water partition coefficient (Wildman–Crippen LogP) is 1.73. The third kappa shape index (κ3) is 3.98. The van der Waals surface area contributed by atoms with E-state index in [0.717, 1.165) is 18.6 Å². The number of carbonyl (C=O) groups is 2. The average molecular weight is 276 g/mol. The van der Waals surface area contributed by atoms with Crippen molar-refractivity contribution in [2.75, 3.05) is 13.1 Å². The Morgan fingerprint density at radius 2 is 2.05 bits per heavy atom. The van der Waals surface area contributed by atoms with Gasteiger partial charge in [0.25, 0.3) is 0 Å². The molecule has 5 heteroatoms. The van der Waals surface area contributed by atoms with Crippen LogP contribution in [0.25, 0.3) is 6.08 Å². The van der Waals surface area contributed by atoms with Gasteiger partial charge in [0.05, 0.1) is 0 Å². The summed E-state index contributed by atoms with van der Waals surface area (Å²) in [6.07, 6.45) is 4.75. The van der Waals surface area contributed by atoms with E-state index in [4.69, 9.17) is 4.42 Å². The lowest BCUT2D eigenvalue weighted by Gasteiger charge is -2.31. The second kappa shape index (κ2) is 6.41. The standard InChI is InChI=1S/C15H20N2O3/c1-11-3-4-14(20-11)5-6-15(19)16-13-7-9-17(10-8-13)12(2)18/h3-6,13H,7-10H2,1-2H3,(H,16,19)/b6-5+. The number of hydrogen-bond donors (Lipinski definition) is 1. The fourth-order valence-electron chi connectivity index (χ4n) is 2.29. The first-order chi connectivity index (χ1) is 9.54. The van der Waals surface area contributed by atoms with Crippen molar-refractivity contribution < 1.29 is 14.0 Å². The smallest absolute Gasteiger partial charge is 0.244 e. The normalized spacial score (nSPS) is 16.6. The average Bonchev–Trinajstić information content (AvgIpc) is 2.83. The van der Waals surface area contributed by atoms with Gasteiger partial charge in [0.1, 0.15) is 11.5 Å². The molecule has 1 aromatic heterocycles. The Balaban J connectivity index is 1.78. The zero-order valence-electron chi connectivity index (χ0n) is 11.9. The molecule has 0 unspecified atom stereocenters. The number of likely N-dealkylation sites (tertiary alicyclic amines) is 1. The molecule has 2 heterocycles. The van der Waals surface area contributed by atoms with Crippen LogP contribution in [-0.4, -0.2) is 35.8 Å². The second-order valence-corrected chi connectivity index (χ2v) is 5.07. The first kappa shape index (κ1) is 14.4. The second-order valence-electron chi connectivity index (χ2n) is 5.07. The molecule has 2 amide bonds. The van der Waals surface area contributed by atoms with E-state index in [0.29, 0.717) is 18.8 Å². The Bertz CT molecular complexity index is 511. The Labute approximate surface area is 118 Å². The summed E-state index contributed by atoms with van der Waals surface area (Å²) in [4.78, 5) is 24.8. The van der Waals surface area contributed by atoms with Gasteiger partial charge >= 0.3 is 0 Å². The quantitative estimate of drug-likeness (QED) is 0.855. The lowest BCUT2D eigenvalue weighted by atomic mass is 10.1. The number of piperidine rings is 1. The van der Waals surface area contributed by atoms with Gasteiger partial charge in [-0.3, -0.25) is 9.59 Å². The zero-order valence-corrected chi connectivity index (χ0v) is 11.9. The van der Waals surface area contributed by atoms with Crippen LogP contribution in [0.1, 0.15) is 31.3 Å². The summed E-state index contributed by atoms with van der Waals surface area (Å²) >= 11 is 0. The van der Waals surface area contributed by atoms with Crippen molar-refractivity contribution in [2.24, 2.45) is 0 Å². The van der Waals surface area contributed by atoms with Crippen molar-refractivity contribution in [3.8, 4) is 0 Å². The van der Waals surface area contributed by atoms with Crippen LogP contribution in [0.2, 0.25) is 0 Å². The molecule has 20 heavy (non-hydrogen) atoms. The number of rotatable bonds is 3. The van der Waals surface area contributed by atoms with E-state index in [1.807, 2.05) is 24.0 Å². The lowest BCUT2D eigenvalue weighted by Crippen LogP contribution is -2.45. The molecular formula is C15H20N2O3. The van der Waals surface area contributed by atoms with E-state index < -0.39 is 0 Å². The Kier molecular flexibility index (Phi) is 4.61. The van der Waals surface area contributed by atoms with E-state index in [1.54, 1.807) is 13.0 Å². The first-order valence-corrected chi connectivity index (χ1v) is 6.85. The van der Waals surface area contributed by atoms with Crippen molar-refractivity contribution in [3.05, 3.63) is 29.7 Å². The maximum absolute atomic E-state index is 11.8. The first-order valence-electron chi connectivity index (χ1n) is 6.85. The summed E-state index contributed by atoms with van der Waals surface area (Å²) in [5, 5.41) is 2.95. The predicted molar refractivity (Wildman–Crippen MR) is 75.9 cm³/mol. The molecular weight excluding hydrogens is 256 g/mol. The van der Waals surface area contributed by atoms with Crippen LogP contribution in [0.3, 0.4) is 0 Å². The minimum atomic E-state index is -0.125. The molecule has 108 valence electrons. The Morgan fingerprint density at radius 3 is 2.60 bits per heavy atom. The van der Waals surface area contributed by atoms with E-state index in [-0.39, 0.29) is 17.9 Å². The largest absolute Gasteiger partial charge is 0.462 e. The highest BCUT2D eigenvalue weighted by molar-refractivity contribution is 5.91. The van der Waals surface area contributed by atoms with Gasteiger partial charge in [0.2, 0.25) is 11.8 Å². The Hall–Kier alpha value is -2.04. The molecule has 0 aromatic carbocycles. The molecule has 0 aliphatic carbocycles. The highest BCUT2D eigenvalue weighted by Crippen LogP contribution is 2.11. The van der Waals surface area contributed by atoms with Crippen LogP contribution in [0.15, 0.2) is 22.6 Å². The molecule has 5 nitrogen and oxygen atoms in total. The molecule has 1 aliphatic heterocycles. The van der Waals surface area contributed by atoms with Gasteiger partial charge < -0.3 is 14.6 Å². The van der Waals surface area contributed by atoms with Crippen molar-refractivity contribution in [1.29, 1.82) is 0 Å². The van der Waals surface area contributed by atoms with E-state index >= 15 is 0 Å². The topological polar surface area (TPSA) is 62.6 Å². The van der Waals surface area contributed by atoms with E-state index in [1.165, 1.54) is 6.08 Å². The van der Waals surface area contributed by atoms with Crippen molar-refractivity contribution in [3.63, 3.8) is 0 Å². The fraction of sp³-hybridized carbons (Fsp3) is 0.467. The third-order valence-electron chi connectivity index (χ3n) is 3.45.